The molecule has 0 bridgehead atoms. The minimum atomic E-state index is -0.569. The summed E-state index contributed by atoms with van der Waals surface area (Å²) in [6.45, 7) is 1.87. The van der Waals surface area contributed by atoms with Crippen molar-refractivity contribution in [3.05, 3.63) is 64.1 Å². The van der Waals surface area contributed by atoms with Gasteiger partial charge in [-0.1, -0.05) is 12.1 Å². The number of aromatic nitrogens is 2. The predicted molar refractivity (Wildman–Crippen MR) is 113 cm³/mol. The highest BCUT2D eigenvalue weighted by atomic mass is 79.9. The Bertz CT molecular complexity index is 1120. The van der Waals surface area contributed by atoms with E-state index >= 15 is 0 Å². The lowest BCUT2D eigenvalue weighted by molar-refractivity contribution is -0.112. The molecule has 0 spiro atoms. The first-order chi connectivity index (χ1) is 14.0. The number of para-hydroxylation sites is 2. The zero-order valence-electron chi connectivity index (χ0n) is 15.5. The molecule has 3 rings (SSSR count). The Morgan fingerprint density at radius 3 is 2.90 bits per heavy atom. The van der Waals surface area contributed by atoms with Crippen molar-refractivity contribution < 1.29 is 13.9 Å². The van der Waals surface area contributed by atoms with Gasteiger partial charge in [0, 0.05) is 18.0 Å². The molecular weight excluding hydrogens is 456 g/mol. The average molecular weight is 471 g/mol. The van der Waals surface area contributed by atoms with Crippen molar-refractivity contribution in [3.63, 3.8) is 0 Å². The van der Waals surface area contributed by atoms with Crippen LogP contribution < -0.4 is 10.1 Å². The second-order valence-electron chi connectivity index (χ2n) is 5.69. The Kier molecular flexibility index (Phi) is 6.69. The number of aryl methyl sites for hydroxylation is 1. The van der Waals surface area contributed by atoms with Crippen molar-refractivity contribution in [2.45, 2.75) is 17.2 Å². The van der Waals surface area contributed by atoms with E-state index in [0.29, 0.717) is 31.9 Å². The first-order valence-electron chi connectivity index (χ1n) is 8.33. The molecular formula is C20H15BrN4O3S. The number of carbonyl (C=O) groups is 1. The van der Waals surface area contributed by atoms with Crippen molar-refractivity contribution in [3.8, 4) is 11.8 Å². The van der Waals surface area contributed by atoms with Crippen molar-refractivity contribution >= 4 is 45.4 Å². The lowest BCUT2D eigenvalue weighted by Crippen LogP contribution is -2.14. The van der Waals surface area contributed by atoms with Gasteiger partial charge in [-0.25, -0.2) is 9.97 Å². The van der Waals surface area contributed by atoms with Crippen LogP contribution in [0.3, 0.4) is 0 Å². The fourth-order valence-corrected chi connectivity index (χ4v) is 3.61. The van der Waals surface area contributed by atoms with Crippen molar-refractivity contribution in [2.24, 2.45) is 0 Å². The maximum atomic E-state index is 12.5. The van der Waals surface area contributed by atoms with Gasteiger partial charge in [0.25, 0.3) is 5.91 Å². The number of benzene rings is 1. The molecule has 9 heteroatoms. The van der Waals surface area contributed by atoms with E-state index < -0.39 is 5.91 Å². The van der Waals surface area contributed by atoms with Crippen LogP contribution in [0.2, 0.25) is 0 Å². The molecule has 2 aromatic heterocycles. The van der Waals surface area contributed by atoms with Gasteiger partial charge in [0.1, 0.15) is 23.2 Å². The van der Waals surface area contributed by atoms with Crippen LogP contribution in [0.4, 0.5) is 5.69 Å². The third-order valence-electron chi connectivity index (χ3n) is 3.64. The van der Waals surface area contributed by atoms with Gasteiger partial charge in [0.05, 0.1) is 17.3 Å². The average Bonchev–Trinajstić information content (AvgIpc) is 3.05. The maximum Gasteiger partial charge on any atom is 0.266 e. The molecule has 0 atom stereocenters. The molecule has 0 radical (unpaired) electrons. The van der Waals surface area contributed by atoms with E-state index in [4.69, 9.17) is 9.15 Å². The van der Waals surface area contributed by atoms with Crippen LogP contribution >= 0.6 is 27.7 Å². The van der Waals surface area contributed by atoms with E-state index in [0.717, 1.165) is 5.69 Å². The minimum Gasteiger partial charge on any atom is -0.495 e. The smallest absolute Gasteiger partial charge is 0.266 e. The van der Waals surface area contributed by atoms with Crippen molar-refractivity contribution in [1.29, 1.82) is 5.26 Å². The number of amides is 1. The zero-order chi connectivity index (χ0) is 20.8. The minimum absolute atomic E-state index is 0.111. The highest BCUT2D eigenvalue weighted by molar-refractivity contribution is 9.10. The summed E-state index contributed by atoms with van der Waals surface area (Å²) in [7, 11) is 1.50. The molecule has 0 saturated heterocycles. The van der Waals surface area contributed by atoms with E-state index in [1.54, 1.807) is 42.6 Å². The van der Waals surface area contributed by atoms with Crippen molar-refractivity contribution in [2.75, 3.05) is 12.4 Å². The van der Waals surface area contributed by atoms with Gasteiger partial charge in [-0.3, -0.25) is 4.79 Å². The predicted octanol–water partition coefficient (Wildman–Crippen LogP) is 4.85. The molecule has 0 aliphatic heterocycles. The number of nitriles is 1. The summed E-state index contributed by atoms with van der Waals surface area (Å²) in [5.41, 5.74) is 1.19. The Labute approximate surface area is 179 Å². The molecule has 0 aliphatic carbocycles. The van der Waals surface area contributed by atoms with Crippen LogP contribution in [0.15, 0.2) is 67.3 Å². The van der Waals surface area contributed by atoms with Crippen LogP contribution in [-0.2, 0) is 4.79 Å². The molecule has 0 fully saturated rings. The van der Waals surface area contributed by atoms with E-state index in [1.807, 2.05) is 13.0 Å². The maximum absolute atomic E-state index is 12.5. The number of halogens is 1. The number of ether oxygens (including phenoxy) is 1. The van der Waals surface area contributed by atoms with Gasteiger partial charge < -0.3 is 14.5 Å². The summed E-state index contributed by atoms with van der Waals surface area (Å²) in [6, 6.07) is 12.3. The second-order valence-corrected chi connectivity index (χ2v) is 7.49. The topological polar surface area (TPSA) is 101 Å². The Morgan fingerprint density at radius 1 is 1.38 bits per heavy atom. The standard InChI is InChI=1S/C20H15BrN4O3S/c1-12-7-8-23-20(24-12)29-19-15(21)10-14(28-19)9-13(11-22)18(26)25-16-5-3-4-6-17(16)27-2/h3-10H,1-2H3,(H,25,26)/b13-9+. The van der Waals surface area contributed by atoms with E-state index in [2.05, 4.69) is 31.2 Å². The third kappa shape index (κ3) is 5.25. The molecule has 0 saturated carbocycles. The third-order valence-corrected chi connectivity index (χ3v) is 5.36. The van der Waals surface area contributed by atoms with E-state index in [-0.39, 0.29) is 5.57 Å². The zero-order valence-corrected chi connectivity index (χ0v) is 17.9. The molecule has 0 unspecified atom stereocenters. The normalized spacial score (nSPS) is 11.0. The number of rotatable bonds is 6. The molecule has 0 aliphatic rings. The largest absolute Gasteiger partial charge is 0.495 e. The summed E-state index contributed by atoms with van der Waals surface area (Å²) >= 11 is 4.65. The molecule has 1 N–H and O–H groups in total. The Balaban J connectivity index is 1.80. The van der Waals surface area contributed by atoms with Crippen LogP contribution in [0.1, 0.15) is 11.5 Å². The number of furan rings is 1. The van der Waals surface area contributed by atoms with Gasteiger partial charge in [-0.15, -0.1) is 0 Å². The summed E-state index contributed by atoms with van der Waals surface area (Å²) in [5.74, 6) is 0.273. The molecule has 146 valence electrons. The van der Waals surface area contributed by atoms with Gasteiger partial charge in [0.15, 0.2) is 10.2 Å². The second kappa shape index (κ2) is 9.41. The number of anilines is 1. The van der Waals surface area contributed by atoms with Crippen LogP contribution in [-0.4, -0.2) is 23.0 Å². The van der Waals surface area contributed by atoms with Crippen LogP contribution in [0.5, 0.6) is 5.75 Å². The highest BCUT2D eigenvalue weighted by Gasteiger charge is 2.16. The quantitative estimate of drug-likeness (QED) is 0.312. The van der Waals surface area contributed by atoms with Gasteiger partial charge in [0.2, 0.25) is 0 Å². The van der Waals surface area contributed by atoms with Gasteiger partial charge in [-0.05, 0) is 58.9 Å². The molecule has 3 aromatic rings. The lowest BCUT2D eigenvalue weighted by atomic mass is 10.2. The molecule has 1 aromatic carbocycles. The molecule has 1 amide bonds. The molecule has 7 nitrogen and oxygen atoms in total. The summed E-state index contributed by atoms with van der Waals surface area (Å²) < 4.78 is 11.6. The monoisotopic (exact) mass is 470 g/mol. The SMILES string of the molecule is COc1ccccc1NC(=O)/C(C#N)=C/c1cc(Br)c(Sc2nccc(C)n2)o1. The van der Waals surface area contributed by atoms with Crippen LogP contribution in [0.25, 0.3) is 6.08 Å². The number of carbonyl (C=O) groups excluding carboxylic acids is 1. The Morgan fingerprint density at radius 2 is 2.17 bits per heavy atom. The summed E-state index contributed by atoms with van der Waals surface area (Å²) in [5, 5.41) is 13.1. The van der Waals surface area contributed by atoms with E-state index in [9.17, 15) is 10.1 Å². The molecule has 29 heavy (non-hydrogen) atoms. The number of hydrogen-bond acceptors (Lipinski definition) is 7. The number of hydrogen-bond donors (Lipinski definition) is 1. The number of nitrogens with one attached hydrogen (secondary N) is 1. The fourth-order valence-electron chi connectivity index (χ4n) is 2.30. The molecule has 2 heterocycles. The number of methoxy groups -OCH3 is 1. The number of nitrogens with zero attached hydrogens (tertiary/aromatic N) is 3. The van der Waals surface area contributed by atoms with E-state index in [1.165, 1.54) is 24.9 Å². The lowest BCUT2D eigenvalue weighted by Gasteiger charge is -2.08. The first kappa shape index (κ1) is 20.6. The van der Waals surface area contributed by atoms with Crippen molar-refractivity contribution in [1.82, 2.24) is 9.97 Å². The Hall–Kier alpha value is -3.09. The fraction of sp³-hybridized carbons (Fsp3) is 0.100. The summed E-state index contributed by atoms with van der Waals surface area (Å²) in [4.78, 5) is 21.0. The first-order valence-corrected chi connectivity index (χ1v) is 9.94. The van der Waals surface area contributed by atoms with Gasteiger partial charge in [-0.2, -0.15) is 5.26 Å². The summed E-state index contributed by atoms with van der Waals surface area (Å²) in [6.07, 6.45) is 3.04. The van der Waals surface area contributed by atoms with Gasteiger partial charge >= 0.3 is 0 Å². The van der Waals surface area contributed by atoms with Crippen LogP contribution in [0, 0.1) is 18.3 Å². The highest BCUT2D eigenvalue weighted by Crippen LogP contribution is 2.35.